The van der Waals surface area contributed by atoms with Crippen molar-refractivity contribution in [1.82, 2.24) is 0 Å². The van der Waals surface area contributed by atoms with Crippen LogP contribution in [0.4, 0.5) is 0 Å². The van der Waals surface area contributed by atoms with Gasteiger partial charge in [0.1, 0.15) is 0 Å². The van der Waals surface area contributed by atoms with Gasteiger partial charge in [-0.15, -0.1) is 6.42 Å². The third kappa shape index (κ3) is 20.8. The van der Waals surface area contributed by atoms with Crippen molar-refractivity contribution in [3.05, 3.63) is 48.6 Å². The molecule has 0 atom stereocenters. The molecule has 0 radical (unpaired) electrons. The molecule has 0 aromatic carbocycles. The van der Waals surface area contributed by atoms with Gasteiger partial charge in [0.15, 0.2) is 0 Å². The van der Waals surface area contributed by atoms with Crippen LogP contribution in [0.25, 0.3) is 0 Å². The molecule has 2 aliphatic rings. The van der Waals surface area contributed by atoms with Crippen LogP contribution < -0.4 is 24.8 Å². The summed E-state index contributed by atoms with van der Waals surface area (Å²) in [5, 5.41) is 0. The summed E-state index contributed by atoms with van der Waals surface area (Å²) in [5.41, 5.74) is 0.380. The van der Waals surface area contributed by atoms with Gasteiger partial charge in [-0.3, -0.25) is 12.2 Å². The van der Waals surface area contributed by atoms with Crippen LogP contribution in [-0.4, -0.2) is 3.21 Å². The van der Waals surface area contributed by atoms with E-state index in [1.165, 1.54) is 3.21 Å². The standard InChI is InChI=1S/C8H11.C5H5.C3H6.2ClH.Zr/c1-8(2)6-4-3-5-7-8;1-2-4-5-3-1;1-3-2;;;/h4-6H,7H2,1-2H3;1-3H,4H2;1-2H3;2*1H;/q2*-1;;;;+2/p-2. The molecule has 0 saturated carbocycles. The summed E-state index contributed by atoms with van der Waals surface area (Å²) in [4.78, 5) is 0. The predicted octanol–water partition coefficient (Wildman–Crippen LogP) is -1.61. The molecule has 0 amide bonds. The van der Waals surface area contributed by atoms with Crippen molar-refractivity contribution in [3.8, 4) is 0 Å². The Morgan fingerprint density at radius 1 is 1.21 bits per heavy atom. The maximum absolute atomic E-state index is 3.03. The summed E-state index contributed by atoms with van der Waals surface area (Å²) in [6, 6.07) is 0. The molecule has 0 bridgehead atoms. The average molecular weight is 376 g/mol. The van der Waals surface area contributed by atoms with Gasteiger partial charge >= 0.3 is 41.3 Å². The predicted molar refractivity (Wildman–Crippen MR) is 73.3 cm³/mol. The SMILES string of the molecule is CC1(C)C=C[C-]=CC1.C[C](C)=[Zr+2].[C-]1=CC=CC1.[Cl-].[Cl-]. The van der Waals surface area contributed by atoms with E-state index < -0.39 is 0 Å². The van der Waals surface area contributed by atoms with Crippen molar-refractivity contribution in [2.24, 2.45) is 5.41 Å². The summed E-state index contributed by atoms with van der Waals surface area (Å²) >= 11 is 1.55. The first-order chi connectivity index (χ1) is 7.94. The molecule has 0 N–H and O–H groups in total. The van der Waals surface area contributed by atoms with Gasteiger partial charge in [-0.1, -0.05) is 25.7 Å². The summed E-state index contributed by atoms with van der Waals surface area (Å²) in [6.07, 6.45) is 20.4. The second-order valence-corrected chi connectivity index (χ2v) is 7.36. The molecule has 0 nitrogen and oxygen atoms in total. The Kier molecular flexibility index (Phi) is 18.8. The number of halogens is 2. The number of rotatable bonds is 0. The summed E-state index contributed by atoms with van der Waals surface area (Å²) < 4.78 is 1.51. The fourth-order valence-corrected chi connectivity index (χ4v) is 1.07. The smallest absolute Gasteiger partial charge is 0.109 e. The van der Waals surface area contributed by atoms with E-state index in [-0.39, 0.29) is 24.8 Å². The Hall–Kier alpha value is 0.293. The van der Waals surface area contributed by atoms with Gasteiger partial charge in [-0.25, -0.2) is 24.3 Å². The van der Waals surface area contributed by atoms with Crippen molar-refractivity contribution in [2.45, 2.75) is 40.5 Å². The Morgan fingerprint density at radius 2 is 1.79 bits per heavy atom. The zero-order chi connectivity index (χ0) is 13.1. The molecule has 2 aliphatic carbocycles. The van der Waals surface area contributed by atoms with Crippen molar-refractivity contribution >= 4 is 3.21 Å². The Labute approximate surface area is 146 Å². The first kappa shape index (κ1) is 24.3. The minimum absolute atomic E-state index is 0. The van der Waals surface area contributed by atoms with E-state index in [0.29, 0.717) is 5.41 Å². The van der Waals surface area contributed by atoms with Crippen molar-refractivity contribution in [2.75, 3.05) is 0 Å². The van der Waals surface area contributed by atoms with Crippen LogP contribution in [0.3, 0.4) is 0 Å². The van der Waals surface area contributed by atoms with E-state index in [9.17, 15) is 0 Å². The van der Waals surface area contributed by atoms with Gasteiger partial charge in [0.2, 0.25) is 0 Å². The largest absolute Gasteiger partial charge is 1.00 e. The molecule has 2 rings (SSSR count). The van der Waals surface area contributed by atoms with Crippen LogP contribution in [0, 0.1) is 17.6 Å². The van der Waals surface area contributed by atoms with E-state index in [4.69, 9.17) is 0 Å². The molecule has 0 aromatic heterocycles. The number of hydrogen-bond donors (Lipinski definition) is 0. The molecule has 19 heavy (non-hydrogen) atoms. The zero-order valence-corrected chi connectivity index (χ0v) is 16.1. The van der Waals surface area contributed by atoms with Gasteiger partial charge in [0, 0.05) is 0 Å². The molecular weight excluding hydrogens is 354 g/mol. The second-order valence-electron chi connectivity index (χ2n) is 4.90. The monoisotopic (exact) mass is 374 g/mol. The first-order valence-corrected chi connectivity index (χ1v) is 7.16. The number of hydrogen-bond acceptors (Lipinski definition) is 0. The molecule has 106 valence electrons. The third-order valence-corrected chi connectivity index (χ3v) is 1.96. The van der Waals surface area contributed by atoms with Crippen LogP contribution >= 0.6 is 0 Å². The van der Waals surface area contributed by atoms with Gasteiger partial charge < -0.3 is 24.8 Å². The average Bonchev–Trinajstić information content (AvgIpc) is 2.73. The summed E-state index contributed by atoms with van der Waals surface area (Å²) in [6.45, 7) is 8.69. The zero-order valence-electron chi connectivity index (χ0n) is 12.1. The van der Waals surface area contributed by atoms with Gasteiger partial charge in [0.05, 0.1) is 0 Å². The molecule has 0 heterocycles. The van der Waals surface area contributed by atoms with Gasteiger partial charge in [-0.2, -0.15) is 12.2 Å². The maximum Gasteiger partial charge on any atom is -0.109 e. The Bertz CT molecular complexity index is 323. The van der Waals surface area contributed by atoms with Crippen LogP contribution in [0.15, 0.2) is 36.5 Å². The van der Waals surface area contributed by atoms with Crippen molar-refractivity contribution in [1.29, 1.82) is 0 Å². The molecule has 0 spiro atoms. The molecule has 0 saturated heterocycles. The quantitative estimate of drug-likeness (QED) is 0.447. The van der Waals surface area contributed by atoms with Crippen molar-refractivity contribution in [3.63, 3.8) is 0 Å². The summed E-state index contributed by atoms with van der Waals surface area (Å²) in [7, 11) is 0. The van der Waals surface area contributed by atoms with E-state index in [0.717, 1.165) is 12.8 Å². The molecular formula is C16H22Cl2Zr-2. The molecule has 0 aliphatic heterocycles. The van der Waals surface area contributed by atoms with E-state index >= 15 is 0 Å². The summed E-state index contributed by atoms with van der Waals surface area (Å²) in [5.74, 6) is 0. The third-order valence-electron chi connectivity index (χ3n) is 1.96. The van der Waals surface area contributed by atoms with Crippen LogP contribution in [0.2, 0.25) is 0 Å². The minimum atomic E-state index is 0. The molecule has 0 unspecified atom stereocenters. The van der Waals surface area contributed by atoms with E-state index in [2.05, 4.69) is 58.1 Å². The van der Waals surface area contributed by atoms with E-state index in [1.807, 2.05) is 18.2 Å². The Balaban J connectivity index is -0.000000206. The van der Waals surface area contributed by atoms with Gasteiger partial charge in [-0.05, 0) is 0 Å². The van der Waals surface area contributed by atoms with Crippen LogP contribution in [0.5, 0.6) is 0 Å². The first-order valence-electron chi connectivity index (χ1n) is 5.93. The second kappa shape index (κ2) is 14.7. The fourth-order valence-electron chi connectivity index (χ4n) is 1.07. The Morgan fingerprint density at radius 3 is 1.95 bits per heavy atom. The maximum atomic E-state index is 3.03. The normalized spacial score (nSPS) is 16.1. The fraction of sp³-hybridized carbons (Fsp3) is 0.438. The minimum Gasteiger partial charge on any atom is -1.00 e. The molecule has 3 heteroatoms. The van der Waals surface area contributed by atoms with Crippen LogP contribution in [-0.2, 0) is 24.2 Å². The number of allylic oxidation sites excluding steroid dienone is 8. The molecule has 0 fully saturated rings. The van der Waals surface area contributed by atoms with Crippen LogP contribution in [0.1, 0.15) is 40.5 Å². The topological polar surface area (TPSA) is 0 Å². The van der Waals surface area contributed by atoms with E-state index in [1.54, 1.807) is 24.2 Å². The molecule has 0 aromatic rings. The van der Waals surface area contributed by atoms with Crippen molar-refractivity contribution < 1.29 is 49.0 Å². The van der Waals surface area contributed by atoms with Gasteiger partial charge in [0.25, 0.3) is 0 Å².